The molecule has 0 saturated carbocycles. The molecule has 288 valence electrons. The van der Waals surface area contributed by atoms with E-state index in [1.165, 1.54) is 75.3 Å². The van der Waals surface area contributed by atoms with Crippen LogP contribution in [0.3, 0.4) is 0 Å². The van der Waals surface area contributed by atoms with E-state index in [1.54, 1.807) is 0 Å². The second kappa shape index (κ2) is 14.2. The number of nitrogens with zero attached hydrogens (tertiary/aromatic N) is 2. The first-order valence-electron chi connectivity index (χ1n) is 21.2. The number of hydrogen-bond donors (Lipinski definition) is 0. The van der Waals surface area contributed by atoms with Crippen LogP contribution in [0, 0.1) is 0 Å². The second-order valence-corrected chi connectivity index (χ2v) is 19.1. The van der Waals surface area contributed by atoms with Crippen molar-refractivity contribution in [2.24, 2.45) is 0 Å². The Morgan fingerprint density at radius 2 is 0.951 bits per heavy atom. The SMILES string of the molecule is CB1c2ccccc2N(c2ccccc2)c2cc(N(c3ccccc3)c3ccccc3)cc(-c3cccc4c3C=Cc3ccccc3S43c4ccccc4-c4ccccc43)c21. The maximum absolute atomic E-state index is 2.50. The van der Waals surface area contributed by atoms with E-state index in [0.717, 1.165) is 22.7 Å². The van der Waals surface area contributed by atoms with Gasteiger partial charge in [0.1, 0.15) is 0 Å². The Labute approximate surface area is 360 Å². The van der Waals surface area contributed by atoms with Crippen LogP contribution < -0.4 is 20.7 Å². The van der Waals surface area contributed by atoms with Crippen molar-refractivity contribution in [3.05, 3.63) is 230 Å². The molecule has 0 N–H and O–H groups in total. The molecule has 3 aliphatic heterocycles. The lowest BCUT2D eigenvalue weighted by atomic mass is 9.39. The van der Waals surface area contributed by atoms with Gasteiger partial charge in [-0.1, -0.05) is 164 Å². The molecule has 0 atom stereocenters. The third-order valence-corrected chi connectivity index (χ3v) is 16.9. The zero-order chi connectivity index (χ0) is 40.5. The van der Waals surface area contributed by atoms with Crippen molar-refractivity contribution < 1.29 is 0 Å². The maximum Gasteiger partial charge on any atom is 0.212 e. The summed E-state index contributed by atoms with van der Waals surface area (Å²) >= 11 is 0. The van der Waals surface area contributed by atoms with Crippen LogP contribution in [0.5, 0.6) is 0 Å². The fraction of sp³-hybridized carbons (Fsp3) is 0.0175. The first-order chi connectivity index (χ1) is 30.2. The van der Waals surface area contributed by atoms with Gasteiger partial charge in [0.15, 0.2) is 0 Å². The third kappa shape index (κ3) is 5.32. The second-order valence-electron chi connectivity index (χ2n) is 16.1. The Kier molecular flexibility index (Phi) is 8.30. The summed E-state index contributed by atoms with van der Waals surface area (Å²) in [7, 11) is -1.90. The van der Waals surface area contributed by atoms with Gasteiger partial charge in [0, 0.05) is 53.7 Å². The van der Waals surface area contributed by atoms with E-state index in [0.29, 0.717) is 0 Å². The minimum Gasteiger partial charge on any atom is -0.311 e. The van der Waals surface area contributed by atoms with Gasteiger partial charge in [-0.25, -0.2) is 0 Å². The van der Waals surface area contributed by atoms with Crippen molar-refractivity contribution in [1.82, 2.24) is 0 Å². The van der Waals surface area contributed by atoms with Crippen molar-refractivity contribution in [2.45, 2.75) is 26.4 Å². The standard InChI is InChI=1S/C57H41BN2S/c1-58-50-30-14-15-31-51(50)60(43-25-9-4-10-26-43)52-39-44(59(41-21-5-2-6-22-41)42-23-7-3-8-24-42)38-49(57(52)58)45-29-19-35-56-48(45)37-36-40-20-11-16-32-53(40)61(56)54-33-17-12-27-46(54)47-28-13-18-34-55(47)61/h2-39H,1H3. The van der Waals surface area contributed by atoms with E-state index in [1.807, 2.05) is 0 Å². The van der Waals surface area contributed by atoms with Gasteiger partial charge in [0.25, 0.3) is 0 Å². The number of benzene rings is 9. The van der Waals surface area contributed by atoms with Gasteiger partial charge in [-0.05, 0) is 118 Å². The molecule has 1 spiro atoms. The van der Waals surface area contributed by atoms with Crippen LogP contribution in [0.4, 0.5) is 34.1 Å². The summed E-state index contributed by atoms with van der Waals surface area (Å²) in [5.74, 6) is 0. The van der Waals surface area contributed by atoms with Gasteiger partial charge in [0.2, 0.25) is 6.71 Å². The minimum absolute atomic E-state index is 0.120. The highest BCUT2D eigenvalue weighted by molar-refractivity contribution is 8.34. The lowest BCUT2D eigenvalue weighted by molar-refractivity contribution is 1.25. The van der Waals surface area contributed by atoms with Crippen LogP contribution >= 0.6 is 10.0 Å². The molecule has 0 bridgehead atoms. The summed E-state index contributed by atoms with van der Waals surface area (Å²) in [5.41, 5.74) is 17.2. The van der Waals surface area contributed by atoms with E-state index in [9.17, 15) is 0 Å². The molecule has 0 aliphatic carbocycles. The normalized spacial score (nSPS) is 14.2. The topological polar surface area (TPSA) is 6.48 Å². The molecule has 4 heteroatoms. The van der Waals surface area contributed by atoms with E-state index in [2.05, 4.69) is 247 Å². The lowest BCUT2D eigenvalue weighted by Crippen LogP contribution is -2.49. The number of hydrogen-bond acceptors (Lipinski definition) is 2. The molecule has 61 heavy (non-hydrogen) atoms. The highest BCUT2D eigenvalue weighted by atomic mass is 32.3. The number of anilines is 6. The zero-order valence-corrected chi connectivity index (χ0v) is 34.6. The van der Waals surface area contributed by atoms with Crippen molar-refractivity contribution in [3.63, 3.8) is 0 Å². The maximum atomic E-state index is 2.50. The predicted molar refractivity (Wildman–Crippen MR) is 260 cm³/mol. The molecule has 0 unspecified atom stereocenters. The highest BCUT2D eigenvalue weighted by Gasteiger charge is 2.45. The van der Waals surface area contributed by atoms with E-state index < -0.39 is 10.0 Å². The molecular formula is C57H41BN2S. The fourth-order valence-electron chi connectivity index (χ4n) is 10.3. The molecule has 12 rings (SSSR count). The monoisotopic (exact) mass is 796 g/mol. The van der Waals surface area contributed by atoms with E-state index in [4.69, 9.17) is 0 Å². The van der Waals surface area contributed by atoms with Gasteiger partial charge in [-0.2, -0.15) is 0 Å². The predicted octanol–water partition coefficient (Wildman–Crippen LogP) is 14.7. The molecule has 9 aromatic carbocycles. The van der Waals surface area contributed by atoms with Gasteiger partial charge in [-0.3, -0.25) is 0 Å². The van der Waals surface area contributed by atoms with Gasteiger partial charge in [-0.15, -0.1) is 10.0 Å². The Morgan fingerprint density at radius 3 is 1.64 bits per heavy atom. The molecule has 9 aromatic rings. The van der Waals surface area contributed by atoms with Crippen LogP contribution in [0.25, 0.3) is 34.4 Å². The Morgan fingerprint density at radius 1 is 0.410 bits per heavy atom. The largest absolute Gasteiger partial charge is 0.311 e. The van der Waals surface area contributed by atoms with Gasteiger partial charge >= 0.3 is 0 Å². The highest BCUT2D eigenvalue weighted by Crippen LogP contribution is 2.81. The summed E-state index contributed by atoms with van der Waals surface area (Å²) in [6, 6.07) is 81.0. The van der Waals surface area contributed by atoms with Crippen molar-refractivity contribution in [2.75, 3.05) is 9.80 Å². The number of rotatable bonds is 5. The average molecular weight is 797 g/mol. The third-order valence-electron chi connectivity index (χ3n) is 12.9. The van der Waals surface area contributed by atoms with Crippen molar-refractivity contribution in [1.29, 1.82) is 0 Å². The molecule has 3 heterocycles. The van der Waals surface area contributed by atoms with E-state index in [-0.39, 0.29) is 6.71 Å². The van der Waals surface area contributed by atoms with Crippen LogP contribution in [-0.4, -0.2) is 6.71 Å². The Bertz CT molecular complexity index is 3090. The smallest absolute Gasteiger partial charge is 0.212 e. The summed E-state index contributed by atoms with van der Waals surface area (Å²) < 4.78 is 0. The fourth-order valence-corrected chi connectivity index (χ4v) is 14.9. The molecule has 0 saturated heterocycles. The molecule has 0 fully saturated rings. The molecule has 3 aliphatic rings. The van der Waals surface area contributed by atoms with Gasteiger partial charge in [0.05, 0.1) is 0 Å². The number of para-hydroxylation sites is 4. The lowest BCUT2D eigenvalue weighted by Gasteiger charge is -2.41. The average Bonchev–Trinajstić information content (AvgIpc) is 3.53. The number of fused-ring (bicyclic) bond motifs is 11. The zero-order valence-electron chi connectivity index (χ0n) is 33.8. The van der Waals surface area contributed by atoms with E-state index >= 15 is 0 Å². The molecule has 0 amide bonds. The first-order valence-corrected chi connectivity index (χ1v) is 22.8. The van der Waals surface area contributed by atoms with Crippen LogP contribution in [0.2, 0.25) is 6.82 Å². The van der Waals surface area contributed by atoms with Crippen LogP contribution in [0.1, 0.15) is 11.1 Å². The molecular weight excluding hydrogens is 756 g/mol. The first kappa shape index (κ1) is 35.7. The Hall–Kier alpha value is -7.27. The summed E-state index contributed by atoms with van der Waals surface area (Å²) in [5, 5.41) is 0. The molecule has 0 radical (unpaired) electrons. The van der Waals surface area contributed by atoms with Crippen LogP contribution in [0.15, 0.2) is 238 Å². The van der Waals surface area contributed by atoms with Crippen molar-refractivity contribution in [3.8, 4) is 22.3 Å². The van der Waals surface area contributed by atoms with Crippen molar-refractivity contribution >= 4 is 73.9 Å². The van der Waals surface area contributed by atoms with Gasteiger partial charge < -0.3 is 9.80 Å². The summed E-state index contributed by atoms with van der Waals surface area (Å²) in [4.78, 5) is 10.5. The molecule has 0 aromatic heterocycles. The summed E-state index contributed by atoms with van der Waals surface area (Å²) in [6.45, 7) is 2.52. The minimum atomic E-state index is -1.90. The Balaban J connectivity index is 1.21. The summed E-state index contributed by atoms with van der Waals surface area (Å²) in [6.07, 6.45) is 4.81. The quantitative estimate of drug-likeness (QED) is 0.160. The molecule has 2 nitrogen and oxygen atoms in total. The van der Waals surface area contributed by atoms with Crippen LogP contribution in [-0.2, 0) is 0 Å².